The van der Waals surface area contributed by atoms with Gasteiger partial charge in [0, 0.05) is 6.54 Å². The van der Waals surface area contributed by atoms with E-state index in [0.717, 1.165) is 43.7 Å². The maximum absolute atomic E-state index is 9.52. The van der Waals surface area contributed by atoms with Gasteiger partial charge in [-0.3, -0.25) is 0 Å². The van der Waals surface area contributed by atoms with Crippen LogP contribution in [0.25, 0.3) is 0 Å². The molecule has 1 aromatic carbocycles. The summed E-state index contributed by atoms with van der Waals surface area (Å²) >= 11 is 0. The summed E-state index contributed by atoms with van der Waals surface area (Å²) in [5, 5.41) is 13.0. The lowest BCUT2D eigenvalue weighted by Gasteiger charge is -2.12. The van der Waals surface area contributed by atoms with Crippen molar-refractivity contribution >= 4 is 0 Å². The molecule has 0 radical (unpaired) electrons. The van der Waals surface area contributed by atoms with E-state index in [2.05, 4.69) is 5.32 Å². The molecule has 0 amide bonds. The first-order valence-electron chi connectivity index (χ1n) is 7.11. The highest BCUT2D eigenvalue weighted by Gasteiger charge is 2.23. The van der Waals surface area contributed by atoms with E-state index in [-0.39, 0.29) is 12.9 Å². The lowest BCUT2D eigenvalue weighted by Crippen LogP contribution is -2.21. The molecule has 1 aromatic rings. The van der Waals surface area contributed by atoms with Crippen LogP contribution in [0.15, 0.2) is 12.1 Å². The number of aliphatic hydroxyl groups is 1. The number of methoxy groups -OCH3 is 1. The Labute approximate surface area is 118 Å². The quantitative estimate of drug-likeness (QED) is 0.858. The van der Waals surface area contributed by atoms with Crippen LogP contribution in [0.4, 0.5) is 0 Å². The predicted molar refractivity (Wildman–Crippen MR) is 74.2 cm³/mol. The average Bonchev–Trinajstić information content (AvgIpc) is 3.06. The van der Waals surface area contributed by atoms with Gasteiger partial charge in [0.25, 0.3) is 0 Å². The van der Waals surface area contributed by atoms with Crippen molar-refractivity contribution in [2.75, 3.05) is 20.4 Å². The molecule has 1 aliphatic heterocycles. The molecule has 3 rings (SSSR count). The molecule has 0 spiro atoms. The summed E-state index contributed by atoms with van der Waals surface area (Å²) < 4.78 is 16.1. The molecule has 2 unspecified atom stereocenters. The zero-order valence-electron chi connectivity index (χ0n) is 11.7. The fraction of sp³-hybridized carbons (Fsp3) is 0.600. The Morgan fingerprint density at radius 3 is 3.00 bits per heavy atom. The van der Waals surface area contributed by atoms with Crippen LogP contribution in [0, 0.1) is 5.92 Å². The van der Waals surface area contributed by atoms with E-state index in [1.807, 2.05) is 12.1 Å². The Bertz CT molecular complexity index is 477. The minimum Gasteiger partial charge on any atom is -0.493 e. The average molecular weight is 279 g/mol. The third-order valence-electron chi connectivity index (χ3n) is 3.99. The van der Waals surface area contributed by atoms with Gasteiger partial charge < -0.3 is 24.6 Å². The molecule has 5 heteroatoms. The first-order valence-corrected chi connectivity index (χ1v) is 7.11. The summed E-state index contributed by atoms with van der Waals surface area (Å²) in [5.41, 5.74) is 1.12. The Balaban J connectivity index is 1.57. The predicted octanol–water partition coefficient (Wildman–Crippen LogP) is 1.67. The summed E-state index contributed by atoms with van der Waals surface area (Å²) in [4.78, 5) is 0. The molecule has 1 aliphatic carbocycles. The minimum atomic E-state index is -0.104. The second-order valence-electron chi connectivity index (χ2n) is 5.50. The van der Waals surface area contributed by atoms with E-state index in [1.165, 1.54) is 0 Å². The van der Waals surface area contributed by atoms with E-state index >= 15 is 0 Å². The third kappa shape index (κ3) is 2.83. The molecule has 5 nitrogen and oxygen atoms in total. The minimum absolute atomic E-state index is 0.104. The van der Waals surface area contributed by atoms with Gasteiger partial charge in [0.2, 0.25) is 12.5 Å². The molecule has 1 saturated carbocycles. The van der Waals surface area contributed by atoms with E-state index in [4.69, 9.17) is 14.2 Å². The van der Waals surface area contributed by atoms with Crippen molar-refractivity contribution in [3.8, 4) is 17.2 Å². The van der Waals surface area contributed by atoms with Crippen molar-refractivity contribution in [3.63, 3.8) is 0 Å². The number of aliphatic hydroxyl groups excluding tert-OH is 1. The van der Waals surface area contributed by atoms with Gasteiger partial charge in [0.05, 0.1) is 13.2 Å². The van der Waals surface area contributed by atoms with Crippen molar-refractivity contribution < 1.29 is 19.3 Å². The molecule has 20 heavy (non-hydrogen) atoms. The molecule has 2 aliphatic rings. The zero-order valence-corrected chi connectivity index (χ0v) is 11.7. The maximum Gasteiger partial charge on any atom is 0.231 e. The van der Waals surface area contributed by atoms with E-state index in [0.29, 0.717) is 17.4 Å². The van der Waals surface area contributed by atoms with Crippen LogP contribution in [-0.4, -0.2) is 31.7 Å². The van der Waals surface area contributed by atoms with Gasteiger partial charge in [0.1, 0.15) is 0 Å². The zero-order chi connectivity index (χ0) is 13.9. The molecule has 1 fully saturated rings. The highest BCUT2D eigenvalue weighted by atomic mass is 16.7. The van der Waals surface area contributed by atoms with Crippen LogP contribution in [0.3, 0.4) is 0 Å². The first kappa shape index (κ1) is 13.5. The van der Waals surface area contributed by atoms with Gasteiger partial charge >= 0.3 is 0 Å². The Kier molecular flexibility index (Phi) is 3.98. The maximum atomic E-state index is 9.52. The largest absolute Gasteiger partial charge is 0.493 e. The molecular formula is C15H21NO4. The summed E-state index contributed by atoms with van der Waals surface area (Å²) in [7, 11) is 1.63. The molecule has 110 valence electrons. The van der Waals surface area contributed by atoms with Gasteiger partial charge in [-0.05, 0) is 49.4 Å². The second-order valence-corrected chi connectivity index (χ2v) is 5.50. The number of fused-ring (bicyclic) bond motifs is 1. The van der Waals surface area contributed by atoms with Crippen LogP contribution in [0.2, 0.25) is 0 Å². The van der Waals surface area contributed by atoms with Crippen molar-refractivity contribution in [3.05, 3.63) is 17.7 Å². The molecule has 0 bridgehead atoms. The summed E-state index contributed by atoms with van der Waals surface area (Å²) in [6.07, 6.45) is 2.85. The SMILES string of the molecule is COc1cc(CNCC2CCC(O)C2)cc2c1OCO2. The fourth-order valence-corrected chi connectivity index (χ4v) is 2.94. The number of hydrogen-bond acceptors (Lipinski definition) is 5. The molecule has 0 aromatic heterocycles. The van der Waals surface area contributed by atoms with Crippen LogP contribution >= 0.6 is 0 Å². The van der Waals surface area contributed by atoms with Gasteiger partial charge in [0.15, 0.2) is 11.5 Å². The third-order valence-corrected chi connectivity index (χ3v) is 3.99. The number of rotatable bonds is 5. The lowest BCUT2D eigenvalue weighted by atomic mass is 10.1. The van der Waals surface area contributed by atoms with E-state index in [1.54, 1.807) is 7.11 Å². The van der Waals surface area contributed by atoms with Gasteiger partial charge in [-0.25, -0.2) is 0 Å². The first-order chi connectivity index (χ1) is 9.76. The van der Waals surface area contributed by atoms with Crippen molar-refractivity contribution in [1.29, 1.82) is 0 Å². The Morgan fingerprint density at radius 2 is 2.25 bits per heavy atom. The van der Waals surface area contributed by atoms with Gasteiger partial charge in [-0.1, -0.05) is 0 Å². The van der Waals surface area contributed by atoms with Crippen molar-refractivity contribution in [1.82, 2.24) is 5.32 Å². The Hall–Kier alpha value is -1.46. The van der Waals surface area contributed by atoms with Crippen LogP contribution < -0.4 is 19.5 Å². The summed E-state index contributed by atoms with van der Waals surface area (Å²) in [5.74, 6) is 2.74. The Morgan fingerprint density at radius 1 is 1.35 bits per heavy atom. The summed E-state index contributed by atoms with van der Waals surface area (Å²) in [6, 6.07) is 3.96. The topological polar surface area (TPSA) is 60.0 Å². The van der Waals surface area contributed by atoms with Gasteiger partial charge in [-0.15, -0.1) is 0 Å². The van der Waals surface area contributed by atoms with E-state index < -0.39 is 0 Å². The van der Waals surface area contributed by atoms with Crippen molar-refractivity contribution in [2.45, 2.75) is 31.9 Å². The summed E-state index contributed by atoms with van der Waals surface area (Å²) in [6.45, 7) is 1.95. The molecule has 2 N–H and O–H groups in total. The normalized spacial score (nSPS) is 24.1. The fourth-order valence-electron chi connectivity index (χ4n) is 2.94. The number of hydrogen-bond donors (Lipinski definition) is 2. The standard InChI is InChI=1S/C15H21NO4/c1-18-13-5-11(6-14-15(13)20-9-19-14)8-16-7-10-2-3-12(17)4-10/h5-6,10,12,16-17H,2-4,7-9H2,1H3. The molecule has 0 saturated heterocycles. The number of benzene rings is 1. The number of nitrogens with one attached hydrogen (secondary N) is 1. The van der Waals surface area contributed by atoms with Crippen LogP contribution in [0.5, 0.6) is 17.2 Å². The van der Waals surface area contributed by atoms with E-state index in [9.17, 15) is 5.11 Å². The van der Waals surface area contributed by atoms with Crippen molar-refractivity contribution in [2.24, 2.45) is 5.92 Å². The molecular weight excluding hydrogens is 258 g/mol. The molecule has 1 heterocycles. The number of ether oxygens (including phenoxy) is 3. The van der Waals surface area contributed by atoms with Crippen LogP contribution in [0.1, 0.15) is 24.8 Å². The monoisotopic (exact) mass is 279 g/mol. The smallest absolute Gasteiger partial charge is 0.231 e. The molecule has 2 atom stereocenters. The second kappa shape index (κ2) is 5.89. The highest BCUT2D eigenvalue weighted by molar-refractivity contribution is 5.55. The van der Waals surface area contributed by atoms with Crippen LogP contribution in [-0.2, 0) is 6.54 Å². The lowest BCUT2D eigenvalue weighted by molar-refractivity contribution is 0.171. The van der Waals surface area contributed by atoms with Gasteiger partial charge in [-0.2, -0.15) is 0 Å². The highest BCUT2D eigenvalue weighted by Crippen LogP contribution is 2.41.